The van der Waals surface area contributed by atoms with E-state index in [4.69, 9.17) is 0 Å². The highest BCUT2D eigenvalue weighted by atomic mass is 127. The Labute approximate surface area is 178 Å². The Morgan fingerprint density at radius 3 is 2.43 bits per heavy atom. The second-order valence-electron chi connectivity index (χ2n) is 5.65. The van der Waals surface area contributed by atoms with Crippen molar-refractivity contribution in [2.24, 2.45) is 4.99 Å². The molecule has 10 heteroatoms. The van der Waals surface area contributed by atoms with Crippen molar-refractivity contribution in [2.45, 2.75) is 26.6 Å². The van der Waals surface area contributed by atoms with Crippen molar-refractivity contribution in [3.05, 3.63) is 69.3 Å². The smallest absolute Gasteiger partial charge is 0.387 e. The maximum absolute atomic E-state index is 12.5. The Bertz CT molecular complexity index is 834. The van der Waals surface area contributed by atoms with Gasteiger partial charge in [-0.05, 0) is 13.0 Å². The van der Waals surface area contributed by atoms with Gasteiger partial charge in [0.25, 0.3) is 5.69 Å². The number of aliphatic imine (C=N–C) groups is 1. The van der Waals surface area contributed by atoms with Crippen LogP contribution in [0.4, 0.5) is 14.5 Å². The monoisotopic (exact) mass is 506 g/mol. The lowest BCUT2D eigenvalue weighted by atomic mass is 10.1. The number of nitrogens with zero attached hydrogens (tertiary/aromatic N) is 2. The van der Waals surface area contributed by atoms with Crippen molar-refractivity contribution >= 4 is 35.6 Å². The van der Waals surface area contributed by atoms with Gasteiger partial charge in [0.2, 0.25) is 0 Å². The normalized spacial score (nSPS) is 11.0. The molecule has 2 aromatic carbocycles. The zero-order valence-corrected chi connectivity index (χ0v) is 17.6. The molecule has 0 amide bonds. The molecule has 0 fully saturated rings. The van der Waals surface area contributed by atoms with E-state index in [0.29, 0.717) is 17.1 Å². The first-order valence-electron chi connectivity index (χ1n) is 8.12. The first-order chi connectivity index (χ1) is 12.9. The van der Waals surface area contributed by atoms with E-state index in [-0.39, 0.29) is 48.5 Å². The molecule has 0 saturated heterocycles. The average molecular weight is 506 g/mol. The van der Waals surface area contributed by atoms with Crippen LogP contribution in [0.25, 0.3) is 0 Å². The minimum Gasteiger partial charge on any atom is -0.434 e. The summed E-state index contributed by atoms with van der Waals surface area (Å²) in [5.74, 6) is 0.454. The van der Waals surface area contributed by atoms with Crippen molar-refractivity contribution in [2.75, 3.05) is 7.05 Å². The third kappa shape index (κ3) is 6.91. The molecular formula is C18H21F2IN4O3. The zero-order chi connectivity index (χ0) is 19.8. The van der Waals surface area contributed by atoms with E-state index in [0.717, 1.165) is 5.56 Å². The van der Waals surface area contributed by atoms with Crippen LogP contribution in [0.5, 0.6) is 5.75 Å². The highest BCUT2D eigenvalue weighted by molar-refractivity contribution is 14.0. The van der Waals surface area contributed by atoms with Crippen molar-refractivity contribution in [1.29, 1.82) is 0 Å². The molecule has 0 spiro atoms. The molecule has 2 aromatic rings. The van der Waals surface area contributed by atoms with E-state index in [1.54, 1.807) is 37.4 Å². The Hall–Kier alpha value is -2.50. The van der Waals surface area contributed by atoms with Gasteiger partial charge in [-0.25, -0.2) is 0 Å². The first kappa shape index (κ1) is 23.5. The van der Waals surface area contributed by atoms with E-state index in [1.165, 1.54) is 12.1 Å². The molecule has 0 aromatic heterocycles. The molecule has 7 nitrogen and oxygen atoms in total. The Morgan fingerprint density at radius 2 is 1.82 bits per heavy atom. The number of nitrogens with one attached hydrogen (secondary N) is 2. The number of halogens is 3. The molecule has 0 aliphatic heterocycles. The van der Waals surface area contributed by atoms with Gasteiger partial charge in [-0.15, -0.1) is 24.0 Å². The van der Waals surface area contributed by atoms with Crippen molar-refractivity contribution in [3.63, 3.8) is 0 Å². The Morgan fingerprint density at radius 1 is 1.18 bits per heavy atom. The molecule has 0 bridgehead atoms. The number of nitro benzene ring substituents is 1. The molecule has 0 unspecified atom stereocenters. The molecule has 0 radical (unpaired) electrons. The number of alkyl halides is 2. The lowest BCUT2D eigenvalue weighted by molar-refractivity contribution is -0.385. The predicted molar refractivity (Wildman–Crippen MR) is 113 cm³/mol. The maximum atomic E-state index is 12.5. The van der Waals surface area contributed by atoms with Gasteiger partial charge >= 0.3 is 6.61 Å². The molecule has 0 aliphatic carbocycles. The standard InChI is InChI=1S/C18H20F2N4O3.HI/c1-12-7-8-16(27-17(19)20)14(9-12)11-23-18(21-2)22-10-13-5-3-4-6-15(13)24(25)26;/h3-9,17H,10-11H2,1-2H3,(H2,21,22,23);1H. The number of hydrogen-bond acceptors (Lipinski definition) is 4. The summed E-state index contributed by atoms with van der Waals surface area (Å²) >= 11 is 0. The number of rotatable bonds is 7. The predicted octanol–water partition coefficient (Wildman–Crippen LogP) is 3.99. The highest BCUT2D eigenvalue weighted by Crippen LogP contribution is 2.22. The maximum Gasteiger partial charge on any atom is 0.387 e. The number of aryl methyl sites for hydroxylation is 1. The molecule has 152 valence electrons. The quantitative estimate of drug-likeness (QED) is 0.195. The van der Waals surface area contributed by atoms with E-state index < -0.39 is 11.5 Å². The lowest BCUT2D eigenvalue weighted by Crippen LogP contribution is -2.36. The molecule has 0 aliphatic rings. The van der Waals surface area contributed by atoms with Crippen LogP contribution in [-0.2, 0) is 13.1 Å². The summed E-state index contributed by atoms with van der Waals surface area (Å²) in [6, 6.07) is 11.3. The number of benzene rings is 2. The summed E-state index contributed by atoms with van der Waals surface area (Å²) in [7, 11) is 1.54. The van der Waals surface area contributed by atoms with Crippen molar-refractivity contribution < 1.29 is 18.4 Å². The molecule has 28 heavy (non-hydrogen) atoms. The van der Waals surface area contributed by atoms with Crippen LogP contribution < -0.4 is 15.4 Å². The van der Waals surface area contributed by atoms with Gasteiger partial charge in [0.05, 0.1) is 4.92 Å². The van der Waals surface area contributed by atoms with Crippen LogP contribution in [0.1, 0.15) is 16.7 Å². The lowest BCUT2D eigenvalue weighted by Gasteiger charge is -2.15. The summed E-state index contributed by atoms with van der Waals surface area (Å²) in [4.78, 5) is 14.7. The summed E-state index contributed by atoms with van der Waals surface area (Å²) in [5.41, 5.74) is 1.95. The second kappa shape index (κ2) is 11.4. The number of ether oxygens (including phenoxy) is 1. The fourth-order valence-electron chi connectivity index (χ4n) is 2.47. The fourth-order valence-corrected chi connectivity index (χ4v) is 2.47. The molecule has 0 saturated carbocycles. The van der Waals surface area contributed by atoms with Gasteiger partial charge < -0.3 is 15.4 Å². The molecule has 2 N–H and O–H groups in total. The van der Waals surface area contributed by atoms with Crippen LogP contribution in [-0.4, -0.2) is 24.5 Å². The van der Waals surface area contributed by atoms with Crippen molar-refractivity contribution in [3.8, 4) is 5.75 Å². The number of guanidine groups is 1. The molecular weight excluding hydrogens is 485 g/mol. The summed E-state index contributed by atoms with van der Waals surface area (Å²) in [6.07, 6.45) is 0. The topological polar surface area (TPSA) is 88.8 Å². The van der Waals surface area contributed by atoms with E-state index in [9.17, 15) is 18.9 Å². The van der Waals surface area contributed by atoms with Crippen LogP contribution in [0.2, 0.25) is 0 Å². The first-order valence-corrected chi connectivity index (χ1v) is 8.12. The van der Waals surface area contributed by atoms with Gasteiger partial charge in [-0.1, -0.05) is 35.9 Å². The van der Waals surface area contributed by atoms with Crippen LogP contribution >= 0.6 is 24.0 Å². The third-order valence-electron chi connectivity index (χ3n) is 3.74. The average Bonchev–Trinajstić information content (AvgIpc) is 2.63. The second-order valence-corrected chi connectivity index (χ2v) is 5.65. The number of hydrogen-bond donors (Lipinski definition) is 2. The minimum absolute atomic E-state index is 0. The minimum atomic E-state index is -2.91. The van der Waals surface area contributed by atoms with Gasteiger partial charge in [-0.2, -0.15) is 8.78 Å². The molecule has 0 heterocycles. The summed E-state index contributed by atoms with van der Waals surface area (Å²) < 4.78 is 29.6. The van der Waals surface area contributed by atoms with Crippen LogP contribution in [0, 0.1) is 17.0 Å². The fraction of sp³-hybridized carbons (Fsp3) is 0.278. The third-order valence-corrected chi connectivity index (χ3v) is 3.74. The zero-order valence-electron chi connectivity index (χ0n) is 15.3. The summed E-state index contributed by atoms with van der Waals surface area (Å²) in [6.45, 7) is -0.690. The number of nitro groups is 1. The van der Waals surface area contributed by atoms with E-state index in [1.807, 2.05) is 6.92 Å². The van der Waals surface area contributed by atoms with Crippen LogP contribution in [0.15, 0.2) is 47.5 Å². The Balaban J connectivity index is 0.00000392. The summed E-state index contributed by atoms with van der Waals surface area (Å²) in [5, 5.41) is 17.0. The molecule has 0 atom stereocenters. The Kier molecular flexibility index (Phi) is 9.56. The SMILES string of the molecule is CN=C(NCc1cc(C)ccc1OC(F)F)NCc1ccccc1[N+](=O)[O-].I. The molecule has 2 rings (SSSR count). The van der Waals surface area contributed by atoms with Crippen LogP contribution in [0.3, 0.4) is 0 Å². The van der Waals surface area contributed by atoms with E-state index >= 15 is 0 Å². The van der Waals surface area contributed by atoms with Gasteiger partial charge in [0.1, 0.15) is 5.75 Å². The van der Waals surface area contributed by atoms with Gasteiger partial charge in [0, 0.05) is 37.3 Å². The van der Waals surface area contributed by atoms with Crippen molar-refractivity contribution in [1.82, 2.24) is 10.6 Å². The number of para-hydroxylation sites is 1. The van der Waals surface area contributed by atoms with Gasteiger partial charge in [-0.3, -0.25) is 15.1 Å². The van der Waals surface area contributed by atoms with Gasteiger partial charge in [0.15, 0.2) is 5.96 Å². The highest BCUT2D eigenvalue weighted by Gasteiger charge is 2.13. The largest absolute Gasteiger partial charge is 0.434 e. The van der Waals surface area contributed by atoms with E-state index in [2.05, 4.69) is 20.4 Å².